The van der Waals surface area contributed by atoms with E-state index in [1.54, 1.807) is 0 Å². The van der Waals surface area contributed by atoms with Crippen molar-refractivity contribution in [2.24, 2.45) is 0 Å². The lowest BCUT2D eigenvalue weighted by atomic mass is 10.1. The maximum atomic E-state index is 12.7. The van der Waals surface area contributed by atoms with Crippen molar-refractivity contribution in [3.05, 3.63) is 35.1 Å². The van der Waals surface area contributed by atoms with Gasteiger partial charge in [0, 0.05) is 0 Å². The lowest BCUT2D eigenvalue weighted by Gasteiger charge is -1.96. The summed E-state index contributed by atoms with van der Waals surface area (Å²) in [4.78, 5) is 10.1. The molecule has 0 aromatic heterocycles. The van der Waals surface area contributed by atoms with E-state index in [0.717, 1.165) is 6.07 Å². The van der Waals surface area contributed by atoms with Gasteiger partial charge in [0.2, 0.25) is 6.29 Å². The number of hydrogen-bond donors (Lipinski definition) is 1. The first-order valence-corrected chi connectivity index (χ1v) is 4.78. The topological polar surface area (TPSA) is 51.2 Å². The summed E-state index contributed by atoms with van der Waals surface area (Å²) in [7, 11) is -2.56. The zero-order valence-electron chi connectivity index (χ0n) is 6.49. The van der Waals surface area contributed by atoms with Gasteiger partial charge in [-0.2, -0.15) is 0 Å². The van der Waals surface area contributed by atoms with Crippen molar-refractivity contribution in [2.45, 2.75) is 5.75 Å². The van der Waals surface area contributed by atoms with Crippen LogP contribution in [0.2, 0.25) is 0 Å². The molecule has 1 radical (unpaired) electrons. The molecule has 0 saturated heterocycles. The molecule has 0 fully saturated rings. The Bertz CT molecular complexity index is 390. The second-order valence-electron chi connectivity index (χ2n) is 2.41. The normalized spacial score (nSPS) is 10.3. The van der Waals surface area contributed by atoms with E-state index in [-0.39, 0.29) is 11.3 Å². The van der Waals surface area contributed by atoms with E-state index in [1.807, 2.05) is 0 Å². The minimum Gasteiger partial charge on any atom is -0.285 e. The zero-order valence-corrected chi connectivity index (χ0v) is 7.38. The monoisotopic (exact) mass is 201 g/mol. The van der Waals surface area contributed by atoms with Crippen molar-refractivity contribution in [1.82, 2.24) is 0 Å². The predicted molar refractivity (Wildman–Crippen MR) is 45.2 cm³/mol. The maximum Gasteiger partial charge on any atom is 0.236 e. The summed E-state index contributed by atoms with van der Waals surface area (Å²) < 4.78 is 33.3. The molecule has 0 saturated carbocycles. The Morgan fingerprint density at radius 3 is 2.62 bits per heavy atom. The fourth-order valence-corrected chi connectivity index (χ4v) is 1.39. The van der Waals surface area contributed by atoms with E-state index < -0.39 is 16.5 Å². The highest BCUT2D eigenvalue weighted by molar-refractivity contribution is 7.71. The van der Waals surface area contributed by atoms with Crippen molar-refractivity contribution >= 4 is 17.0 Å². The van der Waals surface area contributed by atoms with Crippen molar-refractivity contribution in [2.75, 3.05) is 0 Å². The van der Waals surface area contributed by atoms with E-state index in [2.05, 4.69) is 0 Å². The van der Waals surface area contributed by atoms with Crippen LogP contribution in [-0.2, 0) is 21.3 Å². The fourth-order valence-electron chi connectivity index (χ4n) is 0.898. The third-order valence-corrected chi connectivity index (χ3v) is 2.08. The van der Waals surface area contributed by atoms with E-state index >= 15 is 0 Å². The predicted octanol–water partition coefficient (Wildman–Crippen LogP) is 0.395. The molecular formula is C8H6FO3S. The van der Waals surface area contributed by atoms with Gasteiger partial charge in [-0.1, -0.05) is 6.07 Å². The third kappa shape index (κ3) is 2.62. The molecule has 3 nitrogen and oxygen atoms in total. The smallest absolute Gasteiger partial charge is 0.236 e. The Morgan fingerprint density at radius 2 is 2.08 bits per heavy atom. The van der Waals surface area contributed by atoms with Crippen LogP contribution in [-0.4, -0.2) is 14.7 Å². The molecule has 0 spiro atoms. The molecule has 0 unspecified atom stereocenters. The number of thiol groups is 1. The van der Waals surface area contributed by atoms with Gasteiger partial charge in [0.05, 0.1) is 11.3 Å². The summed E-state index contributed by atoms with van der Waals surface area (Å²) in [5.41, 5.74) is 0.144. The van der Waals surface area contributed by atoms with Gasteiger partial charge in [-0.15, -0.1) is 0 Å². The number of carbonyl (C=O) groups excluding carboxylic acids is 1. The molecule has 69 valence electrons. The van der Waals surface area contributed by atoms with E-state index in [9.17, 15) is 17.6 Å². The van der Waals surface area contributed by atoms with Crippen LogP contribution in [0.25, 0.3) is 0 Å². The minimum atomic E-state index is -2.56. The molecule has 13 heavy (non-hydrogen) atoms. The SMILES string of the molecule is O=[C]c1cc(C[SH](=O)=O)ccc1F. The Morgan fingerprint density at radius 1 is 1.38 bits per heavy atom. The quantitative estimate of drug-likeness (QED) is 0.720. The molecular weight excluding hydrogens is 195 g/mol. The zero-order chi connectivity index (χ0) is 9.84. The standard InChI is InChI=1S/C8H6FO3S/c9-8-2-1-6(5-13(11)12)3-7(8)4-10/h1-3,13H,5H2. The summed E-state index contributed by atoms with van der Waals surface area (Å²) in [5.74, 6) is -0.885. The Balaban J connectivity index is 3.05. The molecule has 0 aliphatic carbocycles. The molecule has 0 bridgehead atoms. The van der Waals surface area contributed by atoms with Gasteiger partial charge in [0.25, 0.3) is 0 Å². The molecule has 1 rings (SSSR count). The molecule has 0 heterocycles. The molecule has 1 aromatic carbocycles. The molecule has 0 N–H and O–H groups in total. The van der Waals surface area contributed by atoms with Crippen LogP contribution >= 0.6 is 0 Å². The summed E-state index contributed by atoms with van der Waals surface area (Å²) in [5, 5.41) is 0. The van der Waals surface area contributed by atoms with Crippen LogP contribution in [0.1, 0.15) is 11.1 Å². The van der Waals surface area contributed by atoms with Crippen LogP contribution in [0.4, 0.5) is 4.39 Å². The summed E-state index contributed by atoms with van der Waals surface area (Å²) in [6.45, 7) is 0. The highest BCUT2D eigenvalue weighted by atomic mass is 32.2. The first-order chi connectivity index (χ1) is 6.13. The van der Waals surface area contributed by atoms with Crippen molar-refractivity contribution in [1.29, 1.82) is 0 Å². The van der Waals surface area contributed by atoms with Crippen LogP contribution in [0.3, 0.4) is 0 Å². The Kier molecular flexibility index (Phi) is 3.13. The molecule has 0 aliphatic rings. The first kappa shape index (κ1) is 9.85. The van der Waals surface area contributed by atoms with Crippen molar-refractivity contribution in [3.8, 4) is 0 Å². The minimum absolute atomic E-state index is 0.190. The highest BCUT2D eigenvalue weighted by Crippen LogP contribution is 2.08. The lowest BCUT2D eigenvalue weighted by Crippen LogP contribution is -1.92. The van der Waals surface area contributed by atoms with Crippen LogP contribution in [0.5, 0.6) is 0 Å². The van der Waals surface area contributed by atoms with Crippen molar-refractivity contribution in [3.63, 3.8) is 0 Å². The molecule has 5 heteroatoms. The van der Waals surface area contributed by atoms with E-state index in [4.69, 9.17) is 0 Å². The Labute approximate surface area is 76.1 Å². The third-order valence-electron chi connectivity index (χ3n) is 1.45. The molecule has 0 aliphatic heterocycles. The molecule has 0 atom stereocenters. The van der Waals surface area contributed by atoms with Gasteiger partial charge in [0.1, 0.15) is 16.5 Å². The number of halogens is 1. The largest absolute Gasteiger partial charge is 0.285 e. The first-order valence-electron chi connectivity index (χ1n) is 3.42. The second-order valence-corrected chi connectivity index (χ2v) is 3.39. The average Bonchev–Trinajstić information content (AvgIpc) is 2.07. The van der Waals surface area contributed by atoms with Crippen molar-refractivity contribution < 1.29 is 17.6 Å². The second kappa shape index (κ2) is 4.13. The number of rotatable bonds is 3. The van der Waals surface area contributed by atoms with Gasteiger partial charge in [-0.25, -0.2) is 12.8 Å². The molecule has 1 aromatic rings. The number of benzene rings is 1. The van der Waals surface area contributed by atoms with Gasteiger partial charge in [-0.3, -0.25) is 4.79 Å². The maximum absolute atomic E-state index is 12.7. The summed E-state index contributed by atoms with van der Waals surface area (Å²) >= 11 is 0. The number of hydrogen-bond acceptors (Lipinski definition) is 3. The van der Waals surface area contributed by atoms with Crippen LogP contribution in [0, 0.1) is 5.82 Å². The fraction of sp³-hybridized carbons (Fsp3) is 0.125. The average molecular weight is 201 g/mol. The lowest BCUT2D eigenvalue weighted by molar-refractivity contribution is 0.556. The van der Waals surface area contributed by atoms with E-state index in [1.165, 1.54) is 18.4 Å². The van der Waals surface area contributed by atoms with E-state index in [0.29, 0.717) is 5.56 Å². The summed E-state index contributed by atoms with van der Waals surface area (Å²) in [6.07, 6.45) is 1.39. The highest BCUT2D eigenvalue weighted by Gasteiger charge is 2.03. The van der Waals surface area contributed by atoms with Gasteiger partial charge >= 0.3 is 0 Å². The Hall–Kier alpha value is -1.23. The van der Waals surface area contributed by atoms with Gasteiger partial charge in [0.15, 0.2) is 0 Å². The van der Waals surface area contributed by atoms with Crippen LogP contribution in [0.15, 0.2) is 18.2 Å². The van der Waals surface area contributed by atoms with Gasteiger partial charge in [-0.05, 0) is 17.7 Å². The summed E-state index contributed by atoms with van der Waals surface area (Å²) in [6, 6.07) is 3.54. The molecule has 0 amide bonds. The van der Waals surface area contributed by atoms with Crippen LogP contribution < -0.4 is 0 Å². The van der Waals surface area contributed by atoms with Gasteiger partial charge < -0.3 is 0 Å².